The minimum Gasteiger partial charge on any atom is -0.419 e. The maximum absolute atomic E-state index is 12.6. The summed E-state index contributed by atoms with van der Waals surface area (Å²) < 4.78 is 5.78. The van der Waals surface area contributed by atoms with Gasteiger partial charge in [0.25, 0.3) is 0 Å². The van der Waals surface area contributed by atoms with E-state index in [4.69, 9.17) is 4.42 Å². The van der Waals surface area contributed by atoms with Crippen molar-refractivity contribution in [3.63, 3.8) is 0 Å². The van der Waals surface area contributed by atoms with Gasteiger partial charge in [-0.05, 0) is 17.7 Å². The van der Waals surface area contributed by atoms with Crippen LogP contribution in [0.2, 0.25) is 0 Å². The van der Waals surface area contributed by atoms with Crippen LogP contribution < -0.4 is 5.32 Å². The van der Waals surface area contributed by atoms with Gasteiger partial charge in [-0.25, -0.2) is 0 Å². The Hall–Kier alpha value is -2.64. The number of thioether (sulfide) groups is 1. The first-order valence-electron chi connectivity index (χ1n) is 8.81. The number of carbonyl (C=O) groups is 1. The van der Waals surface area contributed by atoms with Crippen molar-refractivity contribution in [2.75, 3.05) is 11.6 Å². The van der Waals surface area contributed by atoms with Gasteiger partial charge in [0.1, 0.15) is 0 Å². The normalized spacial score (nSPS) is 17.1. The first-order chi connectivity index (χ1) is 13.3. The van der Waals surface area contributed by atoms with Gasteiger partial charge >= 0.3 is 0 Å². The summed E-state index contributed by atoms with van der Waals surface area (Å²) in [6, 6.07) is 19.4. The zero-order chi connectivity index (χ0) is 18.5. The molecule has 0 spiro atoms. The van der Waals surface area contributed by atoms with E-state index in [1.807, 2.05) is 60.7 Å². The maximum Gasteiger partial charge on any atom is 0.247 e. The zero-order valence-electron chi connectivity index (χ0n) is 14.7. The highest BCUT2D eigenvalue weighted by Crippen LogP contribution is 2.24. The van der Waals surface area contributed by atoms with E-state index < -0.39 is 0 Å². The van der Waals surface area contributed by atoms with Crippen LogP contribution in [0.1, 0.15) is 11.5 Å². The molecule has 138 valence electrons. The molecule has 0 radical (unpaired) electrons. The molecule has 1 aliphatic heterocycles. The third-order valence-corrected chi connectivity index (χ3v) is 5.48. The van der Waals surface area contributed by atoms with Gasteiger partial charge in [-0.2, -0.15) is 0 Å². The van der Waals surface area contributed by atoms with E-state index in [9.17, 15) is 4.79 Å². The van der Waals surface area contributed by atoms with E-state index in [1.54, 1.807) is 11.8 Å². The number of nitrogens with one attached hydrogen (secondary N) is 1. The summed E-state index contributed by atoms with van der Waals surface area (Å²) in [4.78, 5) is 14.7. The van der Waals surface area contributed by atoms with E-state index in [2.05, 4.69) is 20.4 Å². The highest BCUT2D eigenvalue weighted by molar-refractivity contribution is 7.99. The molecule has 0 bridgehead atoms. The van der Waals surface area contributed by atoms with Crippen LogP contribution in [0, 0.1) is 0 Å². The Bertz CT molecular complexity index is 885. The lowest BCUT2D eigenvalue weighted by atomic mass is 10.2. The van der Waals surface area contributed by atoms with Gasteiger partial charge < -0.3 is 9.73 Å². The van der Waals surface area contributed by atoms with Crippen LogP contribution in [0.25, 0.3) is 11.5 Å². The second-order valence-electron chi connectivity index (χ2n) is 6.33. The lowest BCUT2D eigenvalue weighted by Crippen LogP contribution is -2.44. The predicted octanol–water partition coefficient (Wildman–Crippen LogP) is 2.93. The van der Waals surface area contributed by atoms with Crippen LogP contribution in [0.4, 0.5) is 0 Å². The molecular formula is C20H20N4O2S. The minimum atomic E-state index is -0.189. The predicted molar refractivity (Wildman–Crippen MR) is 105 cm³/mol. The SMILES string of the molecule is O=C(NCc1ccccc1)C1CSCN1Cc1nnc(-c2ccccc2)o1. The van der Waals surface area contributed by atoms with Crippen molar-refractivity contribution in [2.45, 2.75) is 19.1 Å². The Morgan fingerprint density at radius 1 is 1.11 bits per heavy atom. The first kappa shape index (κ1) is 17.8. The largest absolute Gasteiger partial charge is 0.419 e. The standard InChI is InChI=1S/C20H20N4O2S/c25-19(21-11-15-7-3-1-4-8-15)17-13-27-14-24(17)12-18-22-23-20(26-18)16-9-5-2-6-10-16/h1-10,17H,11-14H2,(H,21,25). The molecule has 0 saturated carbocycles. The highest BCUT2D eigenvalue weighted by atomic mass is 32.2. The summed E-state index contributed by atoms with van der Waals surface area (Å²) in [5.74, 6) is 2.60. The summed E-state index contributed by atoms with van der Waals surface area (Å²) in [6.07, 6.45) is 0. The molecule has 1 unspecified atom stereocenters. The third kappa shape index (κ3) is 4.37. The Kier molecular flexibility index (Phi) is 5.50. The molecule has 7 heteroatoms. The van der Waals surface area contributed by atoms with E-state index in [-0.39, 0.29) is 11.9 Å². The molecule has 2 heterocycles. The number of hydrogen-bond acceptors (Lipinski definition) is 6. The molecule has 3 aromatic rings. The van der Waals surface area contributed by atoms with Gasteiger partial charge in [-0.3, -0.25) is 9.69 Å². The number of rotatable bonds is 6. The van der Waals surface area contributed by atoms with Crippen LogP contribution in [-0.4, -0.2) is 38.7 Å². The number of carbonyl (C=O) groups excluding carboxylic acids is 1. The van der Waals surface area contributed by atoms with E-state index in [0.29, 0.717) is 24.9 Å². The highest BCUT2D eigenvalue weighted by Gasteiger charge is 2.32. The van der Waals surface area contributed by atoms with Gasteiger partial charge in [0.15, 0.2) is 0 Å². The Labute approximate surface area is 162 Å². The lowest BCUT2D eigenvalue weighted by Gasteiger charge is -2.21. The number of amides is 1. The monoisotopic (exact) mass is 380 g/mol. The van der Waals surface area contributed by atoms with Crippen LogP contribution in [-0.2, 0) is 17.9 Å². The average Bonchev–Trinajstić information content (AvgIpc) is 3.38. The van der Waals surface area contributed by atoms with Gasteiger partial charge in [-0.15, -0.1) is 22.0 Å². The van der Waals surface area contributed by atoms with E-state index in [1.165, 1.54) is 0 Å². The number of benzene rings is 2. The summed E-state index contributed by atoms with van der Waals surface area (Å²) in [5.41, 5.74) is 1.98. The first-order valence-corrected chi connectivity index (χ1v) is 9.96. The molecule has 4 rings (SSSR count). The third-order valence-electron chi connectivity index (χ3n) is 4.41. The molecule has 6 nitrogen and oxygen atoms in total. The van der Waals surface area contributed by atoms with Crippen LogP contribution in [0.5, 0.6) is 0 Å². The van der Waals surface area contributed by atoms with Crippen molar-refractivity contribution >= 4 is 17.7 Å². The minimum absolute atomic E-state index is 0.0339. The van der Waals surface area contributed by atoms with E-state index >= 15 is 0 Å². The van der Waals surface area contributed by atoms with Gasteiger partial charge in [0, 0.05) is 23.7 Å². The van der Waals surface area contributed by atoms with Gasteiger partial charge in [-0.1, -0.05) is 48.5 Å². The Morgan fingerprint density at radius 2 is 1.85 bits per heavy atom. The fourth-order valence-electron chi connectivity index (χ4n) is 2.97. The molecule has 1 aromatic heterocycles. The fraction of sp³-hybridized carbons (Fsp3) is 0.250. The zero-order valence-corrected chi connectivity index (χ0v) is 15.6. The topological polar surface area (TPSA) is 71.3 Å². The molecule has 1 aliphatic rings. The fourth-order valence-corrected chi connectivity index (χ4v) is 4.16. The molecular weight excluding hydrogens is 360 g/mol. The van der Waals surface area contributed by atoms with Crippen molar-refractivity contribution < 1.29 is 9.21 Å². The van der Waals surface area contributed by atoms with Crippen LogP contribution in [0.3, 0.4) is 0 Å². The summed E-state index contributed by atoms with van der Waals surface area (Å²) >= 11 is 1.74. The molecule has 27 heavy (non-hydrogen) atoms. The lowest BCUT2D eigenvalue weighted by molar-refractivity contribution is -0.125. The van der Waals surface area contributed by atoms with Crippen LogP contribution >= 0.6 is 11.8 Å². The molecule has 2 aromatic carbocycles. The number of hydrogen-bond donors (Lipinski definition) is 1. The van der Waals surface area contributed by atoms with Crippen molar-refractivity contribution in [2.24, 2.45) is 0 Å². The van der Waals surface area contributed by atoms with Crippen LogP contribution in [0.15, 0.2) is 65.1 Å². The molecule has 1 N–H and O–H groups in total. The van der Waals surface area contributed by atoms with Gasteiger partial charge in [0.05, 0.1) is 12.6 Å². The molecule has 1 amide bonds. The number of aromatic nitrogens is 2. The Morgan fingerprint density at radius 3 is 2.63 bits per heavy atom. The molecule has 0 aliphatic carbocycles. The smallest absolute Gasteiger partial charge is 0.247 e. The molecule has 1 fully saturated rings. The van der Waals surface area contributed by atoms with E-state index in [0.717, 1.165) is 22.8 Å². The van der Waals surface area contributed by atoms with Crippen molar-refractivity contribution in [1.82, 2.24) is 20.4 Å². The maximum atomic E-state index is 12.6. The second-order valence-corrected chi connectivity index (χ2v) is 7.33. The Balaban J connectivity index is 1.37. The summed E-state index contributed by atoms with van der Waals surface area (Å²) in [7, 11) is 0. The van der Waals surface area contributed by atoms with Gasteiger partial charge in [0.2, 0.25) is 17.7 Å². The molecule has 1 saturated heterocycles. The van der Waals surface area contributed by atoms with Crippen molar-refractivity contribution in [3.05, 3.63) is 72.1 Å². The molecule has 1 atom stereocenters. The van der Waals surface area contributed by atoms with Crippen molar-refractivity contribution in [1.29, 1.82) is 0 Å². The quantitative estimate of drug-likeness (QED) is 0.709. The summed E-state index contributed by atoms with van der Waals surface area (Å²) in [6.45, 7) is 1.00. The summed E-state index contributed by atoms with van der Waals surface area (Å²) in [5, 5.41) is 11.3. The second kappa shape index (κ2) is 8.37. The van der Waals surface area contributed by atoms with Crippen molar-refractivity contribution in [3.8, 4) is 11.5 Å². The average molecular weight is 380 g/mol. The number of nitrogens with zero attached hydrogens (tertiary/aromatic N) is 3.